The second-order valence-electron chi connectivity index (χ2n) is 35.8. The van der Waals surface area contributed by atoms with Crippen molar-refractivity contribution in [2.45, 2.75) is 183 Å². The average molecular weight is 1670 g/mol. The van der Waals surface area contributed by atoms with Gasteiger partial charge in [-0.3, -0.25) is 0 Å². The van der Waals surface area contributed by atoms with E-state index in [-0.39, 0.29) is 80.8 Å². The summed E-state index contributed by atoms with van der Waals surface area (Å²) in [5, 5.41) is 230. The van der Waals surface area contributed by atoms with Crippen LogP contribution in [-0.2, 0) is 10.8 Å². The van der Waals surface area contributed by atoms with Crippen molar-refractivity contribution in [3.63, 3.8) is 0 Å². The second kappa shape index (κ2) is 31.9. The second-order valence-corrected chi connectivity index (χ2v) is 35.8. The van der Waals surface area contributed by atoms with Crippen LogP contribution in [-0.4, -0.2) is 102 Å². The molecule has 2 fully saturated rings. The number of phenolic OH excluding ortho intramolecular Hbond substituents is 20. The Bertz CT molecular complexity index is 5310. The van der Waals surface area contributed by atoms with Crippen LogP contribution in [0.5, 0.6) is 115 Å². The number of phenols is 20. The molecule has 123 heavy (non-hydrogen) atoms. The molecule has 0 heterocycles. The van der Waals surface area contributed by atoms with Crippen LogP contribution < -0.4 is 0 Å². The van der Waals surface area contributed by atoms with Crippen LogP contribution in [0, 0.1) is 100 Å². The lowest BCUT2D eigenvalue weighted by Gasteiger charge is -2.52. The molecule has 14 rings (SSSR count). The van der Waals surface area contributed by atoms with E-state index in [4.69, 9.17) is 0 Å². The molecule has 0 radical (unpaired) electrons. The van der Waals surface area contributed by atoms with Crippen molar-refractivity contribution in [2.75, 3.05) is 0 Å². The summed E-state index contributed by atoms with van der Waals surface area (Å²) >= 11 is 0. The van der Waals surface area contributed by atoms with Crippen LogP contribution in [0.25, 0.3) is 0 Å². The predicted molar refractivity (Wildman–Crippen MR) is 470 cm³/mol. The number of rotatable bonds is 18. The third-order valence-electron chi connectivity index (χ3n) is 28.0. The molecule has 20 nitrogen and oxygen atoms in total. The summed E-state index contributed by atoms with van der Waals surface area (Å²) in [6.45, 7) is 25.9. The summed E-state index contributed by atoms with van der Waals surface area (Å²) in [7, 11) is 0. The van der Waals surface area contributed by atoms with Crippen molar-refractivity contribution in [3.8, 4) is 115 Å². The molecule has 0 bridgehead atoms. The van der Waals surface area contributed by atoms with Gasteiger partial charge < -0.3 is 102 Å². The molecular formula is C103H108O20. The number of hydrogen-bond donors (Lipinski definition) is 20. The minimum atomic E-state index is -1.01. The van der Waals surface area contributed by atoms with E-state index in [9.17, 15) is 102 Å². The van der Waals surface area contributed by atoms with Gasteiger partial charge in [-0.2, -0.15) is 0 Å². The van der Waals surface area contributed by atoms with Gasteiger partial charge in [-0.05, 0) is 382 Å². The molecule has 0 amide bonds. The van der Waals surface area contributed by atoms with Gasteiger partial charge in [-0.1, -0.05) is 62.4 Å². The van der Waals surface area contributed by atoms with Crippen molar-refractivity contribution < 1.29 is 102 Å². The molecule has 0 atom stereocenters. The molecule has 2 saturated carbocycles. The van der Waals surface area contributed by atoms with Gasteiger partial charge in [0.25, 0.3) is 0 Å². The Morgan fingerprint density at radius 2 is 0.333 bits per heavy atom. The van der Waals surface area contributed by atoms with E-state index in [0.29, 0.717) is 185 Å². The number of aromatic hydroxyl groups is 20. The fraction of sp³-hybridized carbons (Fsp3) is 0.301. The molecule has 12 aromatic carbocycles. The molecule has 20 N–H and O–H groups in total. The molecule has 12 aromatic rings. The number of benzene rings is 12. The molecule has 0 spiro atoms. The van der Waals surface area contributed by atoms with Crippen LogP contribution in [0.4, 0.5) is 0 Å². The molecule has 640 valence electrons. The quantitative estimate of drug-likeness (QED) is 0.0280. The monoisotopic (exact) mass is 1660 g/mol. The van der Waals surface area contributed by atoms with Crippen LogP contribution in [0.2, 0.25) is 0 Å². The minimum absolute atomic E-state index is 0.00844. The zero-order valence-corrected chi connectivity index (χ0v) is 71.4. The van der Waals surface area contributed by atoms with Crippen LogP contribution in [0.15, 0.2) is 146 Å². The molecule has 2 aliphatic rings. The van der Waals surface area contributed by atoms with Crippen molar-refractivity contribution in [2.24, 2.45) is 17.3 Å². The summed E-state index contributed by atoms with van der Waals surface area (Å²) in [6.07, 6.45) is 4.20. The highest BCUT2D eigenvalue weighted by Gasteiger charge is 2.50. The van der Waals surface area contributed by atoms with Crippen molar-refractivity contribution in [3.05, 3.63) is 301 Å². The smallest absolute Gasteiger partial charge is 0.157 e. The number of hydrogen-bond acceptors (Lipinski definition) is 20. The average Bonchev–Trinajstić information content (AvgIpc) is 0.726. The maximum absolute atomic E-state index is 12.9. The maximum Gasteiger partial charge on any atom is 0.157 e. The minimum Gasteiger partial charge on any atom is -0.507 e. The molecule has 0 aromatic heterocycles. The van der Waals surface area contributed by atoms with Gasteiger partial charge in [0.1, 0.15) is 23.0 Å². The molecule has 2 aliphatic carbocycles. The summed E-state index contributed by atoms with van der Waals surface area (Å²) in [5.74, 6) is -10.8. The van der Waals surface area contributed by atoms with Crippen molar-refractivity contribution in [1.82, 2.24) is 0 Å². The normalized spacial score (nSPS) is 14.5. The van der Waals surface area contributed by atoms with Crippen LogP contribution >= 0.6 is 0 Å². The van der Waals surface area contributed by atoms with E-state index < -0.39 is 85.9 Å². The van der Waals surface area contributed by atoms with E-state index in [1.807, 2.05) is 48.5 Å². The fourth-order valence-electron chi connectivity index (χ4n) is 20.8. The zero-order valence-electron chi connectivity index (χ0n) is 71.4. The third-order valence-corrected chi connectivity index (χ3v) is 28.0. The molecular weight excluding hydrogens is 1560 g/mol. The van der Waals surface area contributed by atoms with Gasteiger partial charge in [0.2, 0.25) is 0 Å². The zero-order chi connectivity index (χ0) is 89.3. The summed E-state index contributed by atoms with van der Waals surface area (Å²) < 4.78 is 0. The third kappa shape index (κ3) is 15.0. The Balaban J connectivity index is 0.946. The standard InChI is InChI=1S/C103H108O20/c1-47-27-77(104)85(112)39-65(47)93(66-40-86(113)78(105)28-48(66)2)73-35-61(23-55(9)97(73)120)102(62-24-56(10)98(121)74(36-62)94(67-41-87(114)79(106)29-49(67)3)68-42-88(115)80(107)30-50(68)4)19-15-59(16-20-102)101(13,14)60-17-21-103(22-18-60,63-25-57(11)99(122)75(37-63)95(69-43-89(116)81(108)31-51(69)5)70-44-90(117)82(109)32-52(70)6)64-26-58(12)100(123)76(38-64)96(71-45-91(118)83(110)33-53(71)7)72-46-92(119)84(111)34-54(72)8/h23-46,59-60,93-96,104-123H,15-22H2,1-14H3. The highest BCUT2D eigenvalue weighted by molar-refractivity contribution is 5.69. The van der Waals surface area contributed by atoms with Crippen LogP contribution in [0.1, 0.15) is 245 Å². The predicted octanol–water partition coefficient (Wildman–Crippen LogP) is 20.9. The summed E-state index contributed by atoms with van der Waals surface area (Å²) in [5.41, 5.74) is 11.8. The Morgan fingerprint density at radius 3 is 0.480 bits per heavy atom. The Kier molecular flexibility index (Phi) is 22.3. The largest absolute Gasteiger partial charge is 0.507 e. The van der Waals surface area contributed by atoms with Gasteiger partial charge in [0, 0.05) is 56.8 Å². The Hall–Kier alpha value is -13.4. The molecule has 0 aliphatic heterocycles. The fourth-order valence-corrected chi connectivity index (χ4v) is 20.8. The van der Waals surface area contributed by atoms with Gasteiger partial charge in [-0.15, -0.1) is 0 Å². The Labute approximate surface area is 714 Å². The van der Waals surface area contributed by atoms with E-state index in [1.165, 1.54) is 97.1 Å². The van der Waals surface area contributed by atoms with Gasteiger partial charge in [0.15, 0.2) is 92.0 Å². The van der Waals surface area contributed by atoms with Crippen molar-refractivity contribution in [1.29, 1.82) is 0 Å². The highest BCUT2D eigenvalue weighted by atomic mass is 16.3. The first-order chi connectivity index (χ1) is 57.9. The highest BCUT2D eigenvalue weighted by Crippen LogP contribution is 2.62. The van der Waals surface area contributed by atoms with Crippen molar-refractivity contribution >= 4 is 0 Å². The summed E-state index contributed by atoms with van der Waals surface area (Å²) in [6, 6.07) is 38.5. The summed E-state index contributed by atoms with van der Waals surface area (Å²) in [4.78, 5) is 0. The Morgan fingerprint density at radius 1 is 0.195 bits per heavy atom. The lowest BCUT2D eigenvalue weighted by Crippen LogP contribution is -2.43. The van der Waals surface area contributed by atoms with Crippen LogP contribution in [0.3, 0.4) is 0 Å². The lowest BCUT2D eigenvalue weighted by atomic mass is 9.52. The van der Waals surface area contributed by atoms with E-state index in [2.05, 4.69) is 13.8 Å². The van der Waals surface area contributed by atoms with E-state index in [1.54, 1.807) is 83.1 Å². The molecule has 20 heteroatoms. The molecule has 0 saturated heterocycles. The van der Waals surface area contributed by atoms with Gasteiger partial charge >= 0.3 is 0 Å². The maximum atomic E-state index is 12.9. The van der Waals surface area contributed by atoms with Gasteiger partial charge in [-0.25, -0.2) is 0 Å². The number of aryl methyl sites for hydroxylation is 12. The first-order valence-electron chi connectivity index (χ1n) is 41.4. The van der Waals surface area contributed by atoms with Gasteiger partial charge in [0.05, 0.1) is 0 Å². The molecule has 0 unspecified atom stereocenters. The topological polar surface area (TPSA) is 405 Å². The first-order valence-corrected chi connectivity index (χ1v) is 41.4. The SMILES string of the molecule is Cc1cc(O)c(O)cc1C(c1cc(O)c(O)cc1C)c1cc(C2(c3cc(C)c(O)c(C(c4cc(O)c(O)cc4C)c4cc(O)c(O)cc4C)c3)CCC(C(C)(C)C3CCC(c4cc(C)c(O)c(C(c5cc(O)c(O)cc5C)c5cc(O)c(O)cc5C)c4)(c4cc(C)c(O)c(C(c5cc(O)c(O)cc5C)c5cc(O)c(O)cc5C)c4)CC3)CC2)cc(C)c1O. The van der Waals surface area contributed by atoms with E-state index in [0.717, 1.165) is 22.3 Å². The van der Waals surface area contributed by atoms with E-state index >= 15 is 0 Å². The lowest BCUT2D eigenvalue weighted by molar-refractivity contribution is 0.0364. The first kappa shape index (κ1) is 86.0.